The van der Waals surface area contributed by atoms with Gasteiger partial charge in [0.25, 0.3) is 0 Å². The summed E-state index contributed by atoms with van der Waals surface area (Å²) in [5.41, 5.74) is 0.631. The van der Waals surface area contributed by atoms with Crippen LogP contribution in [-0.2, 0) is 26.2 Å². The zero-order valence-electron chi connectivity index (χ0n) is 21.2. The minimum atomic E-state index is -3.78. The van der Waals surface area contributed by atoms with Crippen LogP contribution in [0.1, 0.15) is 45.6 Å². The van der Waals surface area contributed by atoms with Gasteiger partial charge in [-0.2, -0.15) is 0 Å². The van der Waals surface area contributed by atoms with Crippen molar-refractivity contribution >= 4 is 39.1 Å². The molecule has 0 fully saturated rings. The fourth-order valence-corrected chi connectivity index (χ4v) is 4.95. The Kier molecular flexibility index (Phi) is 11.2. The molecule has 0 spiro atoms. The van der Waals surface area contributed by atoms with Crippen LogP contribution in [0.15, 0.2) is 48.5 Å². The van der Waals surface area contributed by atoms with E-state index in [1.807, 2.05) is 26.8 Å². The van der Waals surface area contributed by atoms with Gasteiger partial charge in [0.2, 0.25) is 21.8 Å². The van der Waals surface area contributed by atoms with Gasteiger partial charge in [-0.3, -0.25) is 13.9 Å². The van der Waals surface area contributed by atoms with Gasteiger partial charge in [-0.25, -0.2) is 12.8 Å². The Morgan fingerprint density at radius 2 is 1.72 bits per heavy atom. The van der Waals surface area contributed by atoms with Gasteiger partial charge in [-0.1, -0.05) is 62.7 Å². The summed E-state index contributed by atoms with van der Waals surface area (Å²) in [5, 5.41) is 3.38. The van der Waals surface area contributed by atoms with Crippen molar-refractivity contribution in [3.63, 3.8) is 0 Å². The first kappa shape index (κ1) is 29.6. The van der Waals surface area contributed by atoms with Gasteiger partial charge in [0, 0.05) is 31.1 Å². The fraction of sp³-hybridized carbons (Fsp3) is 0.462. The molecule has 7 nitrogen and oxygen atoms in total. The van der Waals surface area contributed by atoms with Gasteiger partial charge >= 0.3 is 0 Å². The molecule has 0 radical (unpaired) electrons. The molecule has 0 saturated heterocycles. The number of hydrogen-bond donors (Lipinski definition) is 1. The zero-order chi connectivity index (χ0) is 26.9. The van der Waals surface area contributed by atoms with Crippen LogP contribution in [-0.4, -0.2) is 50.5 Å². The third-order valence-electron chi connectivity index (χ3n) is 5.64. The molecule has 0 saturated carbocycles. The minimum absolute atomic E-state index is 0.0289. The number of carbonyl (C=O) groups is 2. The van der Waals surface area contributed by atoms with Crippen LogP contribution in [0.2, 0.25) is 5.02 Å². The molecule has 0 unspecified atom stereocenters. The van der Waals surface area contributed by atoms with Crippen molar-refractivity contribution in [1.29, 1.82) is 0 Å². The third-order valence-corrected chi connectivity index (χ3v) is 7.19. The highest BCUT2D eigenvalue weighted by Crippen LogP contribution is 2.23. The molecule has 0 aromatic heterocycles. The number of carbonyl (C=O) groups excluding carboxylic acids is 2. The van der Waals surface area contributed by atoms with E-state index in [-0.39, 0.29) is 49.4 Å². The molecule has 2 rings (SSSR count). The number of para-hydroxylation sites is 1. The molecule has 1 N–H and O–H groups in total. The van der Waals surface area contributed by atoms with Crippen molar-refractivity contribution < 1.29 is 22.4 Å². The van der Waals surface area contributed by atoms with Crippen molar-refractivity contribution in [3.8, 4) is 0 Å². The molecule has 0 aliphatic carbocycles. The second kappa shape index (κ2) is 13.6. The molecule has 2 aromatic carbocycles. The minimum Gasteiger partial charge on any atom is -0.354 e. The SMILES string of the molecule is CC[C@H](C(=O)NCC(C)C)N(Cc1ccccc1Cl)C(=O)CCCN(c1ccccc1F)S(C)(=O)=O. The fourth-order valence-electron chi connectivity index (χ4n) is 3.79. The van der Waals surface area contributed by atoms with E-state index in [0.717, 1.165) is 10.6 Å². The summed E-state index contributed by atoms with van der Waals surface area (Å²) in [6.45, 7) is 6.33. The molecule has 1 atom stereocenters. The first-order valence-electron chi connectivity index (χ1n) is 12.0. The van der Waals surface area contributed by atoms with Crippen LogP contribution in [0.4, 0.5) is 10.1 Å². The summed E-state index contributed by atoms with van der Waals surface area (Å²) >= 11 is 6.33. The standard InChI is InChI=1S/C26H35ClFN3O4S/c1-5-23(26(33)29-17-19(2)3)30(18-20-11-6-7-12-21(20)27)25(32)15-10-16-31(36(4,34)35)24-14-9-8-13-22(24)28/h6-9,11-14,19,23H,5,10,15-18H2,1-4H3,(H,29,33)/t23-/m1/s1. The molecule has 0 aliphatic rings. The number of sulfonamides is 1. The maximum Gasteiger partial charge on any atom is 0.242 e. The van der Waals surface area contributed by atoms with Crippen LogP contribution in [0.25, 0.3) is 0 Å². The van der Waals surface area contributed by atoms with E-state index in [1.165, 1.54) is 23.1 Å². The molecule has 2 amide bonds. The Hall–Kier alpha value is -2.65. The Bertz CT molecular complexity index is 1140. The molecule has 10 heteroatoms. The number of anilines is 1. The number of rotatable bonds is 13. The van der Waals surface area contributed by atoms with Gasteiger partial charge < -0.3 is 10.2 Å². The van der Waals surface area contributed by atoms with Crippen LogP contribution in [0.5, 0.6) is 0 Å². The van der Waals surface area contributed by atoms with E-state index < -0.39 is 21.9 Å². The Balaban J connectivity index is 2.23. The molecule has 198 valence electrons. The third kappa shape index (κ3) is 8.48. The highest BCUT2D eigenvalue weighted by Gasteiger charge is 2.29. The lowest BCUT2D eigenvalue weighted by atomic mass is 10.1. The van der Waals surface area contributed by atoms with E-state index >= 15 is 0 Å². The van der Waals surface area contributed by atoms with Crippen molar-refractivity contribution in [2.45, 2.75) is 52.6 Å². The Labute approximate surface area is 218 Å². The first-order valence-corrected chi connectivity index (χ1v) is 14.2. The van der Waals surface area contributed by atoms with Gasteiger partial charge in [0.05, 0.1) is 11.9 Å². The summed E-state index contributed by atoms with van der Waals surface area (Å²) in [6.07, 6.45) is 1.50. The smallest absolute Gasteiger partial charge is 0.242 e. The average molecular weight is 540 g/mol. The van der Waals surface area contributed by atoms with Crippen LogP contribution >= 0.6 is 11.6 Å². The van der Waals surface area contributed by atoms with E-state index in [2.05, 4.69) is 5.32 Å². The van der Waals surface area contributed by atoms with Gasteiger partial charge in [0.15, 0.2) is 0 Å². The molecule has 0 heterocycles. The molecule has 0 aliphatic heterocycles. The lowest BCUT2D eigenvalue weighted by Gasteiger charge is -2.31. The summed E-state index contributed by atoms with van der Waals surface area (Å²) in [5.74, 6) is -0.985. The number of nitrogens with one attached hydrogen (secondary N) is 1. The van der Waals surface area contributed by atoms with Crippen molar-refractivity contribution in [2.24, 2.45) is 5.92 Å². The monoisotopic (exact) mass is 539 g/mol. The summed E-state index contributed by atoms with van der Waals surface area (Å²) in [7, 11) is -3.78. The first-order chi connectivity index (χ1) is 17.0. The van der Waals surface area contributed by atoms with Crippen molar-refractivity contribution in [3.05, 3.63) is 64.9 Å². The average Bonchev–Trinajstić information content (AvgIpc) is 2.81. The van der Waals surface area contributed by atoms with Gasteiger partial charge in [0.1, 0.15) is 11.9 Å². The van der Waals surface area contributed by atoms with E-state index in [4.69, 9.17) is 11.6 Å². The Morgan fingerprint density at radius 3 is 2.31 bits per heavy atom. The number of hydrogen-bond acceptors (Lipinski definition) is 4. The van der Waals surface area contributed by atoms with Gasteiger partial charge in [-0.05, 0) is 42.5 Å². The number of amides is 2. The van der Waals surface area contributed by atoms with Crippen LogP contribution < -0.4 is 9.62 Å². The van der Waals surface area contributed by atoms with E-state index in [0.29, 0.717) is 23.6 Å². The normalized spacial score (nSPS) is 12.3. The lowest BCUT2D eigenvalue weighted by molar-refractivity contribution is -0.141. The van der Waals surface area contributed by atoms with E-state index in [1.54, 1.807) is 24.3 Å². The highest BCUT2D eigenvalue weighted by atomic mass is 35.5. The molecular weight excluding hydrogens is 505 g/mol. The number of benzene rings is 2. The molecular formula is C26H35ClFN3O4S. The molecule has 36 heavy (non-hydrogen) atoms. The maximum atomic E-state index is 14.3. The van der Waals surface area contributed by atoms with Crippen LogP contribution in [0, 0.1) is 11.7 Å². The number of halogens is 2. The predicted molar refractivity (Wildman–Crippen MR) is 142 cm³/mol. The van der Waals surface area contributed by atoms with Crippen molar-refractivity contribution in [2.75, 3.05) is 23.7 Å². The summed E-state index contributed by atoms with van der Waals surface area (Å²) < 4.78 is 39.9. The topological polar surface area (TPSA) is 86.8 Å². The summed E-state index contributed by atoms with van der Waals surface area (Å²) in [4.78, 5) is 27.9. The second-order valence-corrected chi connectivity index (χ2v) is 11.4. The van der Waals surface area contributed by atoms with E-state index in [9.17, 15) is 22.4 Å². The highest BCUT2D eigenvalue weighted by molar-refractivity contribution is 7.92. The Morgan fingerprint density at radius 1 is 1.08 bits per heavy atom. The maximum absolute atomic E-state index is 14.3. The lowest BCUT2D eigenvalue weighted by Crippen LogP contribution is -2.49. The summed E-state index contributed by atoms with van der Waals surface area (Å²) in [6, 6.07) is 12.0. The quantitative estimate of drug-likeness (QED) is 0.403. The molecule has 2 aromatic rings. The van der Waals surface area contributed by atoms with Crippen molar-refractivity contribution in [1.82, 2.24) is 10.2 Å². The van der Waals surface area contributed by atoms with Crippen LogP contribution in [0.3, 0.4) is 0 Å². The molecule has 0 bridgehead atoms. The largest absolute Gasteiger partial charge is 0.354 e. The number of nitrogens with zero attached hydrogens (tertiary/aromatic N) is 2. The zero-order valence-corrected chi connectivity index (χ0v) is 22.8. The second-order valence-electron chi connectivity index (χ2n) is 9.07. The predicted octanol–water partition coefficient (Wildman–Crippen LogP) is 4.60. The van der Waals surface area contributed by atoms with Gasteiger partial charge in [-0.15, -0.1) is 0 Å².